The molecule has 0 aliphatic carbocycles. The largest absolute Gasteiger partial charge is 0.478 e. The van der Waals surface area contributed by atoms with E-state index in [0.717, 1.165) is 0 Å². The van der Waals surface area contributed by atoms with E-state index in [1.54, 1.807) is 24.3 Å². The molecule has 2 aromatic rings. The van der Waals surface area contributed by atoms with Crippen molar-refractivity contribution in [2.75, 3.05) is 18.0 Å². The van der Waals surface area contributed by atoms with Gasteiger partial charge in [-0.1, -0.05) is 18.2 Å². The van der Waals surface area contributed by atoms with Crippen molar-refractivity contribution in [2.45, 2.75) is 12.5 Å². The Morgan fingerprint density at radius 3 is 2.84 bits per heavy atom. The molecule has 0 radical (unpaired) electrons. The predicted molar refractivity (Wildman–Crippen MR) is 71.5 cm³/mol. The van der Waals surface area contributed by atoms with Gasteiger partial charge in [0.05, 0.1) is 17.2 Å². The van der Waals surface area contributed by atoms with E-state index < -0.39 is 5.97 Å². The zero-order valence-corrected chi connectivity index (χ0v) is 10.3. The molecule has 0 amide bonds. The smallest absolute Gasteiger partial charge is 0.336 e. The maximum absolute atomic E-state index is 11.4. The van der Waals surface area contributed by atoms with Gasteiger partial charge in [0, 0.05) is 18.5 Å². The number of hydrogen-bond donors (Lipinski definition) is 2. The van der Waals surface area contributed by atoms with Crippen LogP contribution in [-0.2, 0) is 0 Å². The highest BCUT2D eigenvalue weighted by atomic mass is 16.4. The van der Waals surface area contributed by atoms with Crippen LogP contribution >= 0.6 is 0 Å². The van der Waals surface area contributed by atoms with E-state index in [2.05, 4.69) is 4.98 Å². The summed E-state index contributed by atoms with van der Waals surface area (Å²) in [6.45, 7) is 1.20. The van der Waals surface area contributed by atoms with E-state index in [4.69, 9.17) is 0 Å². The maximum Gasteiger partial charge on any atom is 0.336 e. The van der Waals surface area contributed by atoms with E-state index in [1.165, 1.54) is 0 Å². The molecule has 1 fully saturated rings. The number of carboxylic acid groups (broad SMARTS) is 1. The molecule has 1 aliphatic heterocycles. The predicted octanol–water partition coefficient (Wildman–Crippen LogP) is 1.50. The van der Waals surface area contributed by atoms with E-state index in [-0.39, 0.29) is 11.7 Å². The zero-order chi connectivity index (χ0) is 13.4. The second kappa shape index (κ2) is 4.51. The highest BCUT2D eigenvalue weighted by molar-refractivity contribution is 6.03. The van der Waals surface area contributed by atoms with Gasteiger partial charge in [-0.05, 0) is 18.6 Å². The second-order valence-electron chi connectivity index (χ2n) is 4.74. The Morgan fingerprint density at radius 2 is 2.16 bits per heavy atom. The Morgan fingerprint density at radius 1 is 1.37 bits per heavy atom. The summed E-state index contributed by atoms with van der Waals surface area (Å²) in [5, 5.41) is 19.5. The molecule has 2 heterocycles. The van der Waals surface area contributed by atoms with E-state index in [9.17, 15) is 15.0 Å². The molecule has 5 nitrogen and oxygen atoms in total. The summed E-state index contributed by atoms with van der Waals surface area (Å²) in [5.74, 6) is -0.341. The third-order valence-electron chi connectivity index (χ3n) is 3.42. The standard InChI is InChI=1S/C14H14N2O3/c17-9-5-6-16(8-9)13-7-11(14(18)19)10-3-1-2-4-12(10)15-13/h1-4,7,9,17H,5-6,8H2,(H,18,19). The molecule has 19 heavy (non-hydrogen) atoms. The molecule has 1 saturated heterocycles. The Balaban J connectivity index is 2.13. The minimum Gasteiger partial charge on any atom is -0.478 e. The number of carbonyl (C=O) groups is 1. The van der Waals surface area contributed by atoms with Crippen molar-refractivity contribution in [3.63, 3.8) is 0 Å². The van der Waals surface area contributed by atoms with Crippen LogP contribution < -0.4 is 4.90 Å². The number of carboxylic acids is 1. The number of aliphatic hydroxyl groups excluding tert-OH is 1. The van der Waals surface area contributed by atoms with Gasteiger partial charge in [-0.3, -0.25) is 0 Å². The van der Waals surface area contributed by atoms with Crippen molar-refractivity contribution in [1.82, 2.24) is 4.98 Å². The van der Waals surface area contributed by atoms with Crippen LogP contribution in [0, 0.1) is 0 Å². The van der Waals surface area contributed by atoms with Crippen molar-refractivity contribution in [3.05, 3.63) is 35.9 Å². The number of aromatic nitrogens is 1. The van der Waals surface area contributed by atoms with E-state index in [0.29, 0.717) is 36.2 Å². The lowest BCUT2D eigenvalue weighted by molar-refractivity contribution is 0.0699. The Hall–Kier alpha value is -2.14. The first-order valence-electron chi connectivity index (χ1n) is 6.21. The molecule has 1 aromatic carbocycles. The van der Waals surface area contributed by atoms with Gasteiger partial charge in [0.25, 0.3) is 0 Å². The number of pyridine rings is 1. The van der Waals surface area contributed by atoms with Gasteiger partial charge in [-0.2, -0.15) is 0 Å². The molecule has 5 heteroatoms. The van der Waals surface area contributed by atoms with Crippen LogP contribution in [0.15, 0.2) is 30.3 Å². The fourth-order valence-corrected chi connectivity index (χ4v) is 2.45. The van der Waals surface area contributed by atoms with E-state index >= 15 is 0 Å². The van der Waals surface area contributed by atoms with Gasteiger partial charge in [0.1, 0.15) is 5.82 Å². The van der Waals surface area contributed by atoms with Gasteiger partial charge in [-0.15, -0.1) is 0 Å². The topological polar surface area (TPSA) is 73.7 Å². The van der Waals surface area contributed by atoms with Gasteiger partial charge in [-0.25, -0.2) is 9.78 Å². The lowest BCUT2D eigenvalue weighted by atomic mass is 10.1. The highest BCUT2D eigenvalue weighted by Crippen LogP contribution is 2.25. The van der Waals surface area contributed by atoms with Crippen molar-refractivity contribution in [3.8, 4) is 0 Å². The number of benzene rings is 1. The number of β-amino-alcohol motifs (C(OH)–C–C–N with tert-alkyl or cyclic N) is 1. The summed E-state index contributed by atoms with van der Waals surface area (Å²) >= 11 is 0. The first-order valence-corrected chi connectivity index (χ1v) is 6.21. The molecular formula is C14H14N2O3. The van der Waals surface area contributed by atoms with Crippen LogP contribution in [0.5, 0.6) is 0 Å². The molecule has 1 unspecified atom stereocenters. The highest BCUT2D eigenvalue weighted by Gasteiger charge is 2.23. The average Bonchev–Trinajstić information content (AvgIpc) is 2.84. The van der Waals surface area contributed by atoms with Crippen LogP contribution in [0.4, 0.5) is 5.82 Å². The second-order valence-corrected chi connectivity index (χ2v) is 4.74. The van der Waals surface area contributed by atoms with Crippen molar-refractivity contribution in [1.29, 1.82) is 0 Å². The first kappa shape index (κ1) is 11.9. The third-order valence-corrected chi connectivity index (χ3v) is 3.42. The molecule has 98 valence electrons. The minimum atomic E-state index is -0.959. The van der Waals surface area contributed by atoms with Crippen LogP contribution in [-0.4, -0.2) is 40.4 Å². The summed E-state index contributed by atoms with van der Waals surface area (Å²) in [7, 11) is 0. The summed E-state index contributed by atoms with van der Waals surface area (Å²) in [5.41, 5.74) is 0.917. The number of anilines is 1. The maximum atomic E-state index is 11.4. The molecule has 0 bridgehead atoms. The number of hydrogen-bond acceptors (Lipinski definition) is 4. The molecule has 0 spiro atoms. The quantitative estimate of drug-likeness (QED) is 0.854. The minimum absolute atomic E-state index is 0.252. The SMILES string of the molecule is O=C(O)c1cc(N2CCC(O)C2)nc2ccccc12. The molecule has 1 aliphatic rings. The van der Waals surface area contributed by atoms with Gasteiger partial charge < -0.3 is 15.1 Å². The van der Waals surface area contributed by atoms with Crippen LogP contribution in [0.1, 0.15) is 16.8 Å². The average molecular weight is 258 g/mol. The fourth-order valence-electron chi connectivity index (χ4n) is 2.45. The first-order chi connectivity index (χ1) is 9.15. The van der Waals surface area contributed by atoms with Gasteiger partial charge in [0.2, 0.25) is 0 Å². The summed E-state index contributed by atoms with van der Waals surface area (Å²) in [6, 6.07) is 8.79. The molecule has 2 N–H and O–H groups in total. The Bertz CT molecular complexity index is 642. The number of rotatable bonds is 2. The fraction of sp³-hybridized carbons (Fsp3) is 0.286. The molecule has 0 saturated carbocycles. The zero-order valence-electron chi connectivity index (χ0n) is 10.3. The number of para-hydroxylation sites is 1. The molecule has 3 rings (SSSR count). The van der Waals surface area contributed by atoms with Crippen LogP contribution in [0.2, 0.25) is 0 Å². The number of nitrogens with zero attached hydrogens (tertiary/aromatic N) is 2. The van der Waals surface area contributed by atoms with Crippen molar-refractivity contribution >= 4 is 22.7 Å². The molecule has 1 atom stereocenters. The summed E-state index contributed by atoms with van der Waals surface area (Å²) < 4.78 is 0. The summed E-state index contributed by atoms with van der Waals surface area (Å²) in [4.78, 5) is 17.8. The normalized spacial score (nSPS) is 19.0. The van der Waals surface area contributed by atoms with Crippen LogP contribution in [0.25, 0.3) is 10.9 Å². The molecule has 1 aromatic heterocycles. The number of fused-ring (bicyclic) bond motifs is 1. The van der Waals surface area contributed by atoms with E-state index in [1.807, 2.05) is 11.0 Å². The Labute approximate surface area is 110 Å². The van der Waals surface area contributed by atoms with Crippen molar-refractivity contribution < 1.29 is 15.0 Å². The monoisotopic (exact) mass is 258 g/mol. The van der Waals surface area contributed by atoms with Gasteiger partial charge >= 0.3 is 5.97 Å². The lowest BCUT2D eigenvalue weighted by Crippen LogP contribution is -2.22. The van der Waals surface area contributed by atoms with Gasteiger partial charge in [0.15, 0.2) is 0 Å². The molecular weight excluding hydrogens is 244 g/mol. The number of aromatic carboxylic acids is 1. The third kappa shape index (κ3) is 2.13. The van der Waals surface area contributed by atoms with Crippen LogP contribution in [0.3, 0.4) is 0 Å². The lowest BCUT2D eigenvalue weighted by Gasteiger charge is -2.18. The summed E-state index contributed by atoms with van der Waals surface area (Å²) in [6.07, 6.45) is 0.332. The van der Waals surface area contributed by atoms with Crippen molar-refractivity contribution in [2.24, 2.45) is 0 Å². The number of aliphatic hydroxyl groups is 1. The Kier molecular flexibility index (Phi) is 2.83.